The molecule has 3 aromatic rings. The number of hydrogen-bond acceptors (Lipinski definition) is 4. The Balaban J connectivity index is 2.25. The molecule has 0 aliphatic heterocycles. The van der Waals surface area contributed by atoms with Crippen molar-refractivity contribution in [3.05, 3.63) is 96.1 Å². The van der Waals surface area contributed by atoms with Gasteiger partial charge in [-0.05, 0) is 23.3 Å². The third-order valence-corrected chi connectivity index (χ3v) is 5.09. The van der Waals surface area contributed by atoms with E-state index < -0.39 is 36.1 Å². The maximum atomic E-state index is 12.6. The van der Waals surface area contributed by atoms with Gasteiger partial charge in [-0.1, -0.05) is 72.8 Å². The van der Waals surface area contributed by atoms with Crippen molar-refractivity contribution in [2.24, 2.45) is 11.5 Å². The molecular formula is C24H22N4O6. The number of nitrogens with two attached hydrogens (primary N) is 2. The predicted octanol–water partition coefficient (Wildman–Crippen LogP) is 3.11. The Morgan fingerprint density at radius 1 is 0.559 bits per heavy atom. The van der Waals surface area contributed by atoms with E-state index in [1.807, 2.05) is 0 Å². The highest BCUT2D eigenvalue weighted by atomic mass is 16.4. The lowest BCUT2D eigenvalue weighted by molar-refractivity contribution is -0.139. The van der Waals surface area contributed by atoms with E-state index in [0.29, 0.717) is 0 Å². The van der Waals surface area contributed by atoms with E-state index in [0.717, 1.165) is 9.80 Å². The summed E-state index contributed by atoms with van der Waals surface area (Å²) in [5, 5.41) is 19.9. The molecule has 4 amide bonds. The van der Waals surface area contributed by atoms with Gasteiger partial charge in [-0.2, -0.15) is 0 Å². The molecule has 2 unspecified atom stereocenters. The number of amides is 4. The molecule has 0 radical (unpaired) electrons. The largest absolute Gasteiger partial charge is 0.479 e. The van der Waals surface area contributed by atoms with Crippen LogP contribution >= 0.6 is 0 Å². The van der Waals surface area contributed by atoms with Crippen LogP contribution in [-0.2, 0) is 9.59 Å². The average molecular weight is 462 g/mol. The standard InChI is InChI=1S/C24H22N4O6/c25-23(33)27(19(21(29)30)15-9-3-1-4-10-15)17-13-7-8-14-18(17)28(24(26)34)20(22(31)32)16-11-5-2-6-12-16/h1-14,19-20H,(H2,25,33)(H2,26,34)(H,29,30)(H,31,32). The number of rotatable bonds is 8. The molecule has 0 aliphatic rings. The molecule has 0 spiro atoms. The van der Waals surface area contributed by atoms with E-state index in [9.17, 15) is 29.4 Å². The minimum Gasteiger partial charge on any atom is -0.479 e. The van der Waals surface area contributed by atoms with Crippen molar-refractivity contribution in [3.8, 4) is 0 Å². The zero-order valence-corrected chi connectivity index (χ0v) is 17.8. The first-order chi connectivity index (χ1) is 16.2. The second kappa shape index (κ2) is 10.2. The Morgan fingerprint density at radius 2 is 0.853 bits per heavy atom. The summed E-state index contributed by atoms with van der Waals surface area (Å²) < 4.78 is 0. The number of carboxylic acid groups (broad SMARTS) is 2. The molecule has 174 valence electrons. The van der Waals surface area contributed by atoms with E-state index >= 15 is 0 Å². The number of anilines is 2. The van der Waals surface area contributed by atoms with Crippen LogP contribution in [0.15, 0.2) is 84.9 Å². The molecule has 2 atom stereocenters. The van der Waals surface area contributed by atoms with Crippen LogP contribution in [0.2, 0.25) is 0 Å². The summed E-state index contributed by atoms with van der Waals surface area (Å²) in [6, 6.07) is 16.1. The highest BCUT2D eigenvalue weighted by molar-refractivity contribution is 6.06. The highest BCUT2D eigenvalue weighted by Crippen LogP contribution is 2.38. The predicted molar refractivity (Wildman–Crippen MR) is 124 cm³/mol. The van der Waals surface area contributed by atoms with Crippen molar-refractivity contribution in [1.29, 1.82) is 0 Å². The molecule has 3 aromatic carbocycles. The number of carbonyl (C=O) groups is 4. The number of carbonyl (C=O) groups excluding carboxylic acids is 2. The summed E-state index contributed by atoms with van der Waals surface area (Å²) in [5.74, 6) is -2.77. The maximum Gasteiger partial charge on any atom is 0.331 e. The number of benzene rings is 3. The van der Waals surface area contributed by atoms with Crippen LogP contribution in [0.3, 0.4) is 0 Å². The number of nitrogens with zero attached hydrogens (tertiary/aromatic N) is 2. The maximum absolute atomic E-state index is 12.6. The minimum atomic E-state index is -1.56. The minimum absolute atomic E-state index is 0.104. The van der Waals surface area contributed by atoms with Gasteiger partial charge in [0.25, 0.3) is 0 Å². The Bertz CT molecular complexity index is 1110. The summed E-state index contributed by atoms with van der Waals surface area (Å²) in [5.41, 5.74) is 11.5. The summed E-state index contributed by atoms with van der Waals surface area (Å²) in [6.07, 6.45) is 0. The molecule has 0 aliphatic carbocycles. The van der Waals surface area contributed by atoms with E-state index in [1.165, 1.54) is 48.5 Å². The smallest absolute Gasteiger partial charge is 0.331 e. The number of carboxylic acids is 2. The van der Waals surface area contributed by atoms with Crippen LogP contribution in [0.5, 0.6) is 0 Å². The normalized spacial score (nSPS) is 12.2. The topological polar surface area (TPSA) is 167 Å². The van der Waals surface area contributed by atoms with Gasteiger partial charge >= 0.3 is 24.0 Å². The van der Waals surface area contributed by atoms with E-state index in [2.05, 4.69) is 0 Å². The van der Waals surface area contributed by atoms with Gasteiger partial charge in [0.2, 0.25) is 0 Å². The van der Waals surface area contributed by atoms with Gasteiger partial charge in [0, 0.05) is 0 Å². The number of aliphatic carboxylic acids is 2. The number of hydrogen-bond donors (Lipinski definition) is 4. The molecular weight excluding hydrogens is 440 g/mol. The molecule has 10 nitrogen and oxygen atoms in total. The summed E-state index contributed by atoms with van der Waals surface area (Å²) >= 11 is 0. The fourth-order valence-electron chi connectivity index (χ4n) is 3.72. The van der Waals surface area contributed by atoms with Crippen molar-refractivity contribution in [2.75, 3.05) is 9.80 Å². The molecule has 3 rings (SSSR count). The number of primary amides is 2. The fraction of sp³-hybridized carbons (Fsp3) is 0.0833. The molecule has 0 heterocycles. The molecule has 34 heavy (non-hydrogen) atoms. The second-order valence-corrected chi connectivity index (χ2v) is 7.21. The second-order valence-electron chi connectivity index (χ2n) is 7.21. The molecule has 6 N–H and O–H groups in total. The van der Waals surface area contributed by atoms with Crippen molar-refractivity contribution < 1.29 is 29.4 Å². The molecule has 0 bridgehead atoms. The lowest BCUT2D eigenvalue weighted by Gasteiger charge is -2.34. The molecule has 0 aromatic heterocycles. The van der Waals surface area contributed by atoms with Crippen molar-refractivity contribution in [2.45, 2.75) is 12.1 Å². The van der Waals surface area contributed by atoms with Crippen LogP contribution in [0.1, 0.15) is 23.2 Å². The Kier molecular flexibility index (Phi) is 7.12. The molecule has 0 saturated carbocycles. The van der Waals surface area contributed by atoms with Crippen molar-refractivity contribution in [3.63, 3.8) is 0 Å². The van der Waals surface area contributed by atoms with Crippen LogP contribution in [0, 0.1) is 0 Å². The van der Waals surface area contributed by atoms with Crippen LogP contribution in [-0.4, -0.2) is 34.2 Å². The van der Waals surface area contributed by atoms with Crippen LogP contribution in [0.4, 0.5) is 21.0 Å². The lowest BCUT2D eigenvalue weighted by Crippen LogP contribution is -2.46. The van der Waals surface area contributed by atoms with Gasteiger partial charge < -0.3 is 21.7 Å². The van der Waals surface area contributed by atoms with Crippen LogP contribution < -0.4 is 21.3 Å². The first kappa shape index (κ1) is 23.8. The third kappa shape index (κ3) is 4.80. The Labute approximate surface area is 194 Å². The van der Waals surface area contributed by atoms with Crippen molar-refractivity contribution >= 4 is 35.4 Å². The molecule has 10 heteroatoms. The number of para-hydroxylation sites is 2. The van der Waals surface area contributed by atoms with Gasteiger partial charge in [-0.15, -0.1) is 0 Å². The van der Waals surface area contributed by atoms with E-state index in [1.54, 1.807) is 36.4 Å². The zero-order chi connectivity index (χ0) is 24.8. The first-order valence-corrected chi connectivity index (χ1v) is 10.1. The SMILES string of the molecule is NC(=O)N(c1ccccc1N(C(N)=O)C(C(=O)O)c1ccccc1)C(C(=O)O)c1ccccc1. The molecule has 0 saturated heterocycles. The van der Waals surface area contributed by atoms with Gasteiger partial charge in [0.05, 0.1) is 11.4 Å². The summed E-state index contributed by atoms with van der Waals surface area (Å²) in [6.45, 7) is 0. The highest BCUT2D eigenvalue weighted by Gasteiger charge is 2.37. The Hall–Kier alpha value is -4.86. The lowest BCUT2D eigenvalue weighted by atomic mass is 10.0. The van der Waals surface area contributed by atoms with Gasteiger partial charge in [-0.3, -0.25) is 9.80 Å². The average Bonchev–Trinajstić information content (AvgIpc) is 2.81. The first-order valence-electron chi connectivity index (χ1n) is 10.1. The van der Waals surface area contributed by atoms with Crippen LogP contribution in [0.25, 0.3) is 0 Å². The monoisotopic (exact) mass is 462 g/mol. The number of urea groups is 2. The van der Waals surface area contributed by atoms with Gasteiger partial charge in [0.1, 0.15) is 0 Å². The van der Waals surface area contributed by atoms with Crippen molar-refractivity contribution in [1.82, 2.24) is 0 Å². The van der Waals surface area contributed by atoms with E-state index in [4.69, 9.17) is 11.5 Å². The van der Waals surface area contributed by atoms with Gasteiger partial charge in [0.15, 0.2) is 12.1 Å². The summed E-state index contributed by atoms with van der Waals surface area (Å²) in [4.78, 5) is 51.2. The quantitative estimate of drug-likeness (QED) is 0.401. The fourth-order valence-corrected chi connectivity index (χ4v) is 3.72. The zero-order valence-electron chi connectivity index (χ0n) is 17.8. The third-order valence-electron chi connectivity index (χ3n) is 5.09. The molecule has 0 fully saturated rings. The van der Waals surface area contributed by atoms with Gasteiger partial charge in [-0.25, -0.2) is 19.2 Å². The van der Waals surface area contributed by atoms with E-state index in [-0.39, 0.29) is 22.5 Å². The summed E-state index contributed by atoms with van der Waals surface area (Å²) in [7, 11) is 0. The Morgan fingerprint density at radius 3 is 1.12 bits per heavy atom.